The second-order valence-electron chi connectivity index (χ2n) is 6.60. The fourth-order valence-electron chi connectivity index (χ4n) is 3.70. The molecule has 1 fully saturated rings. The molecular weight excluding hydrogens is 318 g/mol. The van der Waals surface area contributed by atoms with Crippen molar-refractivity contribution in [3.8, 4) is 11.5 Å². The number of fused-ring (bicyclic) bond motifs is 3. The number of ether oxygens (including phenoxy) is 2. The normalized spacial score (nSPS) is 18.8. The maximum Gasteiger partial charge on any atom is 0.410 e. The molecule has 0 saturated carbocycles. The molecule has 0 aliphatic carbocycles. The summed E-state index contributed by atoms with van der Waals surface area (Å²) < 4.78 is 11.3. The number of benzene rings is 1. The Bertz CT molecular complexity index is 995. The van der Waals surface area contributed by atoms with Gasteiger partial charge in [-0.05, 0) is 48.2 Å². The fraction of sp³-hybridized carbons (Fsp3) is 0.263. The first-order valence-corrected chi connectivity index (χ1v) is 8.35. The zero-order valence-electron chi connectivity index (χ0n) is 13.8. The second kappa shape index (κ2) is 5.24. The van der Waals surface area contributed by atoms with E-state index in [2.05, 4.69) is 16.0 Å². The van der Waals surface area contributed by atoms with Gasteiger partial charge in [-0.25, -0.2) is 9.78 Å². The monoisotopic (exact) mass is 335 g/mol. The Morgan fingerprint density at radius 2 is 2.24 bits per heavy atom. The molecule has 6 heteroatoms. The fourth-order valence-corrected chi connectivity index (χ4v) is 3.70. The number of rotatable bonds is 2. The molecule has 0 radical (unpaired) electrons. The summed E-state index contributed by atoms with van der Waals surface area (Å²) in [5.74, 6) is 1.54. The van der Waals surface area contributed by atoms with Gasteiger partial charge in [-0.15, -0.1) is 0 Å². The quantitative estimate of drug-likeness (QED) is 0.778. The molecule has 0 bridgehead atoms. The average Bonchev–Trinajstić information content (AvgIpc) is 3.17. The zero-order chi connectivity index (χ0) is 17.0. The first kappa shape index (κ1) is 14.3. The molecule has 1 atom stereocenters. The van der Waals surface area contributed by atoms with Crippen LogP contribution in [0, 0.1) is 6.92 Å². The highest BCUT2D eigenvalue weighted by atomic mass is 16.6. The Kier molecular flexibility index (Phi) is 3.00. The molecule has 4 heterocycles. The number of aryl methyl sites for hydroxylation is 1. The number of aromatic amines is 1. The van der Waals surface area contributed by atoms with E-state index in [-0.39, 0.29) is 12.1 Å². The summed E-state index contributed by atoms with van der Waals surface area (Å²) in [7, 11) is 0. The van der Waals surface area contributed by atoms with Crippen LogP contribution in [0.5, 0.6) is 11.5 Å². The minimum absolute atomic E-state index is 0.161. The third-order valence-electron chi connectivity index (χ3n) is 5.01. The van der Waals surface area contributed by atoms with Crippen molar-refractivity contribution in [1.29, 1.82) is 0 Å². The van der Waals surface area contributed by atoms with Gasteiger partial charge in [0.1, 0.15) is 23.8 Å². The van der Waals surface area contributed by atoms with Gasteiger partial charge in [0, 0.05) is 18.9 Å². The summed E-state index contributed by atoms with van der Waals surface area (Å²) in [6.45, 7) is 3.09. The summed E-state index contributed by atoms with van der Waals surface area (Å²) in [4.78, 5) is 21.1. The molecule has 2 aromatic heterocycles. The van der Waals surface area contributed by atoms with Crippen molar-refractivity contribution in [3.05, 3.63) is 53.3 Å². The first-order valence-electron chi connectivity index (χ1n) is 8.35. The summed E-state index contributed by atoms with van der Waals surface area (Å²) in [5.41, 5.74) is 4.28. The summed E-state index contributed by atoms with van der Waals surface area (Å²) in [6.07, 6.45) is 4.27. The van der Waals surface area contributed by atoms with Crippen LogP contribution in [0.3, 0.4) is 0 Å². The molecule has 0 spiro atoms. The van der Waals surface area contributed by atoms with Gasteiger partial charge in [0.15, 0.2) is 0 Å². The van der Waals surface area contributed by atoms with Crippen LogP contribution in [-0.4, -0.2) is 33.6 Å². The molecule has 1 amide bonds. The Morgan fingerprint density at radius 3 is 3.16 bits per heavy atom. The van der Waals surface area contributed by atoms with Crippen molar-refractivity contribution in [1.82, 2.24) is 14.9 Å². The van der Waals surface area contributed by atoms with Gasteiger partial charge >= 0.3 is 6.09 Å². The van der Waals surface area contributed by atoms with Crippen LogP contribution in [-0.2, 0) is 17.7 Å². The molecule has 2 aliphatic rings. The number of carbonyl (C=O) groups excluding carboxylic acids is 1. The lowest BCUT2D eigenvalue weighted by atomic mass is 9.95. The van der Waals surface area contributed by atoms with Crippen LogP contribution >= 0.6 is 0 Å². The van der Waals surface area contributed by atoms with Gasteiger partial charge in [-0.3, -0.25) is 4.90 Å². The van der Waals surface area contributed by atoms with Crippen LogP contribution in [0.25, 0.3) is 11.0 Å². The lowest BCUT2D eigenvalue weighted by Crippen LogP contribution is -2.38. The number of carbonyl (C=O) groups is 1. The third-order valence-corrected chi connectivity index (χ3v) is 5.01. The Labute approximate surface area is 144 Å². The van der Waals surface area contributed by atoms with Gasteiger partial charge in [-0.1, -0.05) is 6.07 Å². The highest BCUT2D eigenvalue weighted by molar-refractivity contribution is 5.86. The van der Waals surface area contributed by atoms with E-state index in [1.807, 2.05) is 31.3 Å². The molecule has 1 saturated heterocycles. The smallest absolute Gasteiger partial charge is 0.410 e. The minimum atomic E-state index is -0.222. The van der Waals surface area contributed by atoms with Crippen LogP contribution in [0.1, 0.15) is 16.7 Å². The number of hydrogen-bond donors (Lipinski definition) is 1. The van der Waals surface area contributed by atoms with Crippen molar-refractivity contribution in [2.24, 2.45) is 0 Å². The Balaban J connectivity index is 1.49. The predicted octanol–water partition coefficient (Wildman–Crippen LogP) is 3.54. The molecule has 126 valence electrons. The van der Waals surface area contributed by atoms with E-state index < -0.39 is 0 Å². The average molecular weight is 335 g/mol. The van der Waals surface area contributed by atoms with Gasteiger partial charge in [-0.2, -0.15) is 0 Å². The van der Waals surface area contributed by atoms with Crippen molar-refractivity contribution in [3.63, 3.8) is 0 Å². The molecule has 1 aromatic carbocycles. The van der Waals surface area contributed by atoms with Gasteiger partial charge in [0.25, 0.3) is 0 Å². The van der Waals surface area contributed by atoms with Crippen molar-refractivity contribution < 1.29 is 14.3 Å². The Hall–Kier alpha value is -3.02. The van der Waals surface area contributed by atoms with Crippen LogP contribution in [0.4, 0.5) is 4.79 Å². The molecule has 3 aromatic rings. The number of aromatic nitrogens is 2. The van der Waals surface area contributed by atoms with E-state index in [1.54, 1.807) is 11.1 Å². The van der Waals surface area contributed by atoms with Crippen LogP contribution < -0.4 is 4.74 Å². The molecule has 2 aliphatic heterocycles. The number of cyclic esters (lactones) is 1. The number of H-pyrrole nitrogens is 1. The molecular formula is C19H17N3O3. The van der Waals surface area contributed by atoms with E-state index in [0.29, 0.717) is 13.2 Å². The van der Waals surface area contributed by atoms with Crippen molar-refractivity contribution in [2.45, 2.75) is 25.9 Å². The summed E-state index contributed by atoms with van der Waals surface area (Å²) in [5, 5.41) is 0.989. The van der Waals surface area contributed by atoms with E-state index in [0.717, 1.165) is 40.1 Å². The molecule has 1 N–H and O–H groups in total. The van der Waals surface area contributed by atoms with Crippen LogP contribution in [0.2, 0.25) is 0 Å². The maximum atomic E-state index is 11.8. The first-order chi connectivity index (χ1) is 12.2. The largest absolute Gasteiger partial charge is 0.457 e. The van der Waals surface area contributed by atoms with Crippen molar-refractivity contribution in [2.75, 3.05) is 6.61 Å². The van der Waals surface area contributed by atoms with E-state index in [1.165, 1.54) is 5.56 Å². The highest BCUT2D eigenvalue weighted by Gasteiger charge is 2.36. The molecule has 6 nitrogen and oxygen atoms in total. The Morgan fingerprint density at radius 1 is 1.32 bits per heavy atom. The number of nitrogens with one attached hydrogen (secondary N) is 1. The van der Waals surface area contributed by atoms with Crippen molar-refractivity contribution >= 4 is 17.1 Å². The highest BCUT2D eigenvalue weighted by Crippen LogP contribution is 2.34. The molecule has 25 heavy (non-hydrogen) atoms. The predicted molar refractivity (Wildman–Crippen MR) is 91.7 cm³/mol. The SMILES string of the molecule is Cc1c[nH]c2nccc(Oc3ccc4c(c3)CN3C(=O)OCC3C4)c12. The maximum absolute atomic E-state index is 11.8. The minimum Gasteiger partial charge on any atom is -0.457 e. The van der Waals surface area contributed by atoms with E-state index >= 15 is 0 Å². The van der Waals surface area contributed by atoms with E-state index in [4.69, 9.17) is 9.47 Å². The molecule has 1 unspecified atom stereocenters. The molecule has 5 rings (SSSR count). The number of hydrogen-bond acceptors (Lipinski definition) is 4. The van der Waals surface area contributed by atoms with Gasteiger partial charge < -0.3 is 14.5 Å². The summed E-state index contributed by atoms with van der Waals surface area (Å²) >= 11 is 0. The number of amides is 1. The zero-order valence-corrected chi connectivity index (χ0v) is 13.8. The van der Waals surface area contributed by atoms with Crippen LogP contribution in [0.15, 0.2) is 36.7 Å². The lowest BCUT2D eigenvalue weighted by molar-refractivity contribution is 0.155. The topological polar surface area (TPSA) is 67.5 Å². The van der Waals surface area contributed by atoms with Gasteiger partial charge in [0.05, 0.1) is 11.4 Å². The third kappa shape index (κ3) is 2.25. The number of nitrogens with zero attached hydrogens (tertiary/aromatic N) is 2. The standard InChI is InChI=1S/C19H17N3O3/c1-11-8-21-18-17(11)16(4-5-20-18)25-15-3-2-12-6-14-10-24-19(23)22(14)9-13(12)7-15/h2-5,7-8,14H,6,9-10H2,1H3,(H,20,21). The van der Waals surface area contributed by atoms with Gasteiger partial charge in [0.2, 0.25) is 0 Å². The number of pyridine rings is 1. The summed E-state index contributed by atoms with van der Waals surface area (Å²) in [6, 6.07) is 8.13. The second-order valence-corrected chi connectivity index (χ2v) is 6.60. The van der Waals surface area contributed by atoms with E-state index in [9.17, 15) is 4.79 Å². The lowest BCUT2D eigenvalue weighted by Gasteiger charge is -2.28.